The lowest BCUT2D eigenvalue weighted by molar-refractivity contribution is -0.154. The van der Waals surface area contributed by atoms with Crippen molar-refractivity contribution in [2.24, 2.45) is 23.7 Å². The van der Waals surface area contributed by atoms with E-state index in [9.17, 15) is 14.7 Å². The third-order valence-corrected chi connectivity index (χ3v) is 5.85. The van der Waals surface area contributed by atoms with E-state index in [1.54, 1.807) is 20.8 Å². The van der Waals surface area contributed by atoms with E-state index in [-0.39, 0.29) is 47.8 Å². The average Bonchev–Trinajstić information content (AvgIpc) is 2.80. The van der Waals surface area contributed by atoms with Crippen molar-refractivity contribution in [3.8, 4) is 0 Å². The van der Waals surface area contributed by atoms with Gasteiger partial charge in [0, 0.05) is 30.3 Å². The smallest absolute Gasteiger partial charge is 0.334 e. The number of fused-ring (bicyclic) bond motifs is 2. The topological polar surface area (TPSA) is 72.8 Å². The van der Waals surface area contributed by atoms with Gasteiger partial charge in [0.25, 0.3) is 0 Å². The standard InChI is InChI=1S/C19H26O5/c1-9(2)17(20)24-15-8-19(5,22)13-7-12-11(4)18(21)23-14(12)6-10(3)16(13)15/h9,12-16,22H,3-4,6-8H2,1-2,5H3/t12-,13-,14-,15+,16-,19-/m1/s1. The number of ether oxygens (including phenoxy) is 2. The summed E-state index contributed by atoms with van der Waals surface area (Å²) >= 11 is 0. The van der Waals surface area contributed by atoms with Crippen molar-refractivity contribution >= 4 is 11.9 Å². The predicted octanol–water partition coefficient (Wildman–Crippen LogP) is 2.39. The monoisotopic (exact) mass is 334 g/mol. The lowest BCUT2D eigenvalue weighted by Gasteiger charge is -2.30. The molecule has 0 amide bonds. The fourth-order valence-electron chi connectivity index (χ4n) is 4.50. The molecule has 2 aliphatic carbocycles. The molecular weight excluding hydrogens is 308 g/mol. The van der Waals surface area contributed by atoms with Gasteiger partial charge in [-0.15, -0.1) is 0 Å². The number of aliphatic hydroxyl groups is 1. The summed E-state index contributed by atoms with van der Waals surface area (Å²) in [6.07, 6.45) is 0.873. The van der Waals surface area contributed by atoms with Gasteiger partial charge in [-0.05, 0) is 19.3 Å². The van der Waals surface area contributed by atoms with E-state index >= 15 is 0 Å². The summed E-state index contributed by atoms with van der Waals surface area (Å²) in [5.41, 5.74) is 0.386. The highest BCUT2D eigenvalue weighted by Crippen LogP contribution is 2.53. The highest BCUT2D eigenvalue weighted by molar-refractivity contribution is 5.90. The van der Waals surface area contributed by atoms with Gasteiger partial charge in [-0.1, -0.05) is 32.6 Å². The van der Waals surface area contributed by atoms with Crippen LogP contribution in [-0.2, 0) is 19.1 Å². The molecule has 1 aliphatic heterocycles. The van der Waals surface area contributed by atoms with Crippen LogP contribution in [0.5, 0.6) is 0 Å². The first-order valence-electron chi connectivity index (χ1n) is 8.62. The fraction of sp³-hybridized carbons (Fsp3) is 0.684. The highest BCUT2D eigenvalue weighted by atomic mass is 16.6. The Morgan fingerprint density at radius 2 is 2.08 bits per heavy atom. The zero-order valence-corrected chi connectivity index (χ0v) is 14.6. The Morgan fingerprint density at radius 3 is 2.71 bits per heavy atom. The van der Waals surface area contributed by atoms with Crippen LogP contribution in [-0.4, -0.2) is 34.9 Å². The molecule has 0 radical (unpaired) electrons. The molecule has 2 saturated carbocycles. The van der Waals surface area contributed by atoms with E-state index in [0.717, 1.165) is 5.57 Å². The molecule has 3 aliphatic rings. The summed E-state index contributed by atoms with van der Waals surface area (Å²) < 4.78 is 11.1. The van der Waals surface area contributed by atoms with Crippen molar-refractivity contribution in [1.82, 2.24) is 0 Å². The molecule has 0 aromatic rings. The summed E-state index contributed by atoms with van der Waals surface area (Å²) in [6.45, 7) is 13.4. The van der Waals surface area contributed by atoms with E-state index in [1.807, 2.05) is 0 Å². The van der Waals surface area contributed by atoms with Gasteiger partial charge >= 0.3 is 11.9 Å². The lowest BCUT2D eigenvalue weighted by Crippen LogP contribution is -2.33. The second-order valence-electron chi connectivity index (χ2n) is 8.00. The highest BCUT2D eigenvalue weighted by Gasteiger charge is 2.57. The molecular formula is C19H26O5. The van der Waals surface area contributed by atoms with Gasteiger partial charge in [-0.25, -0.2) is 4.79 Å². The fourth-order valence-corrected chi connectivity index (χ4v) is 4.50. The van der Waals surface area contributed by atoms with E-state index in [1.165, 1.54) is 0 Å². The average molecular weight is 334 g/mol. The van der Waals surface area contributed by atoms with Crippen molar-refractivity contribution < 1.29 is 24.2 Å². The summed E-state index contributed by atoms with van der Waals surface area (Å²) in [7, 11) is 0. The Morgan fingerprint density at radius 1 is 1.42 bits per heavy atom. The number of carbonyl (C=O) groups excluding carboxylic acids is 2. The number of carbonyl (C=O) groups is 2. The first-order chi connectivity index (χ1) is 11.1. The van der Waals surface area contributed by atoms with Crippen LogP contribution in [0, 0.1) is 23.7 Å². The second-order valence-corrected chi connectivity index (χ2v) is 8.00. The van der Waals surface area contributed by atoms with E-state index in [0.29, 0.717) is 24.8 Å². The van der Waals surface area contributed by atoms with Crippen LogP contribution in [0.1, 0.15) is 40.0 Å². The second kappa shape index (κ2) is 5.73. The molecule has 0 aromatic heterocycles. The van der Waals surface area contributed by atoms with Gasteiger partial charge in [-0.3, -0.25) is 4.79 Å². The third-order valence-electron chi connectivity index (χ3n) is 5.85. The predicted molar refractivity (Wildman–Crippen MR) is 87.8 cm³/mol. The summed E-state index contributed by atoms with van der Waals surface area (Å²) in [4.78, 5) is 23.9. The molecule has 1 saturated heterocycles. The van der Waals surface area contributed by atoms with Gasteiger partial charge in [0.2, 0.25) is 0 Å². The first-order valence-corrected chi connectivity index (χ1v) is 8.62. The first kappa shape index (κ1) is 17.2. The minimum absolute atomic E-state index is 0.102. The molecule has 0 bridgehead atoms. The normalized spacial score (nSPS) is 41.7. The molecule has 1 N–H and O–H groups in total. The van der Waals surface area contributed by atoms with Gasteiger partial charge in [0.05, 0.1) is 11.5 Å². The Hall–Kier alpha value is -1.62. The van der Waals surface area contributed by atoms with Crippen LogP contribution in [0.15, 0.2) is 24.3 Å². The lowest BCUT2D eigenvalue weighted by atomic mass is 9.78. The van der Waals surface area contributed by atoms with Crippen LogP contribution in [0.3, 0.4) is 0 Å². The molecule has 6 atom stereocenters. The van der Waals surface area contributed by atoms with Crippen molar-refractivity contribution in [2.45, 2.75) is 57.8 Å². The van der Waals surface area contributed by atoms with Gasteiger partial charge in [-0.2, -0.15) is 0 Å². The number of hydrogen-bond acceptors (Lipinski definition) is 5. The SMILES string of the molecule is C=C1C[C@H]2OC(=O)C(=C)[C@H]2C[C@@H]2[C@@H]1[C@@H](OC(=O)C(C)C)C[C@@]2(C)O. The third kappa shape index (κ3) is 2.69. The quantitative estimate of drug-likeness (QED) is 0.477. The molecule has 3 fully saturated rings. The van der Waals surface area contributed by atoms with Crippen molar-refractivity contribution in [3.63, 3.8) is 0 Å². The van der Waals surface area contributed by atoms with E-state index in [4.69, 9.17) is 9.47 Å². The van der Waals surface area contributed by atoms with Crippen molar-refractivity contribution in [1.29, 1.82) is 0 Å². The minimum Gasteiger partial charge on any atom is -0.461 e. The largest absolute Gasteiger partial charge is 0.461 e. The molecule has 5 heteroatoms. The Bertz CT molecular complexity index is 603. The summed E-state index contributed by atoms with van der Waals surface area (Å²) in [5, 5.41) is 10.9. The zero-order valence-electron chi connectivity index (χ0n) is 14.6. The van der Waals surface area contributed by atoms with Crippen molar-refractivity contribution in [2.75, 3.05) is 0 Å². The van der Waals surface area contributed by atoms with Gasteiger partial charge in [0.1, 0.15) is 12.2 Å². The maximum absolute atomic E-state index is 12.1. The summed E-state index contributed by atoms with van der Waals surface area (Å²) in [5.74, 6) is -1.17. The maximum Gasteiger partial charge on any atom is 0.334 e. The minimum atomic E-state index is -0.976. The van der Waals surface area contributed by atoms with Crippen LogP contribution in [0.4, 0.5) is 0 Å². The molecule has 24 heavy (non-hydrogen) atoms. The van der Waals surface area contributed by atoms with Crippen molar-refractivity contribution in [3.05, 3.63) is 24.3 Å². The van der Waals surface area contributed by atoms with Crippen LogP contribution in [0.2, 0.25) is 0 Å². The maximum atomic E-state index is 12.1. The van der Waals surface area contributed by atoms with Crippen LogP contribution in [0.25, 0.3) is 0 Å². The van der Waals surface area contributed by atoms with E-state index in [2.05, 4.69) is 13.2 Å². The Kier molecular flexibility index (Phi) is 4.11. The Labute approximate surface area is 142 Å². The van der Waals surface area contributed by atoms with E-state index < -0.39 is 5.60 Å². The number of esters is 2. The van der Waals surface area contributed by atoms with Gasteiger partial charge in [0.15, 0.2) is 0 Å². The molecule has 5 nitrogen and oxygen atoms in total. The number of hydrogen-bond donors (Lipinski definition) is 1. The Balaban J connectivity index is 1.89. The molecule has 0 aromatic carbocycles. The van der Waals surface area contributed by atoms with Crippen LogP contribution < -0.4 is 0 Å². The van der Waals surface area contributed by atoms with Crippen LogP contribution >= 0.6 is 0 Å². The molecule has 3 rings (SSSR count). The molecule has 1 heterocycles. The van der Waals surface area contributed by atoms with Gasteiger partial charge < -0.3 is 14.6 Å². The molecule has 132 valence electrons. The zero-order chi connectivity index (χ0) is 17.8. The summed E-state index contributed by atoms with van der Waals surface area (Å²) in [6, 6.07) is 0. The molecule has 0 spiro atoms. The molecule has 0 unspecified atom stereocenters. The number of rotatable bonds is 2.